The Labute approximate surface area is 225 Å². The monoisotopic (exact) mass is 537 g/mol. The molecule has 2 heterocycles. The van der Waals surface area contributed by atoms with Crippen LogP contribution in [0.25, 0.3) is 0 Å². The van der Waals surface area contributed by atoms with Gasteiger partial charge in [0.05, 0.1) is 11.1 Å². The Morgan fingerprint density at radius 1 is 0.923 bits per heavy atom. The molecule has 5 rings (SSSR count). The molecule has 1 fully saturated rings. The summed E-state index contributed by atoms with van der Waals surface area (Å²) in [5, 5.41) is 2.69. The summed E-state index contributed by atoms with van der Waals surface area (Å²) in [7, 11) is 0. The van der Waals surface area contributed by atoms with Gasteiger partial charge < -0.3 is 19.5 Å². The number of para-hydroxylation sites is 2. The fourth-order valence-corrected chi connectivity index (χ4v) is 4.71. The third-order valence-corrected chi connectivity index (χ3v) is 6.88. The maximum Gasteiger partial charge on any atom is 0.338 e. The number of carbonyl (C=O) groups excluding carboxylic acids is 2. The van der Waals surface area contributed by atoms with E-state index in [1.165, 1.54) is 0 Å². The molecule has 2 aliphatic rings. The Kier molecular flexibility index (Phi) is 8.04. The minimum absolute atomic E-state index is 0.0195. The summed E-state index contributed by atoms with van der Waals surface area (Å²) >= 11 is 0. The second kappa shape index (κ2) is 11.8. The highest BCUT2D eigenvalue weighted by molar-refractivity contribution is 5.94. The summed E-state index contributed by atoms with van der Waals surface area (Å²) < 4.78 is 45.2. The lowest BCUT2D eigenvalue weighted by Crippen LogP contribution is -2.66. The van der Waals surface area contributed by atoms with Crippen LogP contribution in [0.2, 0.25) is 0 Å². The van der Waals surface area contributed by atoms with Crippen molar-refractivity contribution in [2.75, 3.05) is 52.5 Å². The summed E-state index contributed by atoms with van der Waals surface area (Å²) in [5.74, 6) is -1.44. The van der Waals surface area contributed by atoms with Crippen LogP contribution < -0.4 is 14.8 Å². The number of fused-ring (bicyclic) bond motifs is 1. The molecule has 3 aromatic carbocycles. The van der Waals surface area contributed by atoms with Gasteiger partial charge in [-0.1, -0.05) is 30.3 Å². The van der Waals surface area contributed by atoms with E-state index in [0.717, 1.165) is 12.1 Å². The predicted molar refractivity (Wildman–Crippen MR) is 139 cm³/mol. The highest BCUT2D eigenvalue weighted by atomic mass is 19.1. The summed E-state index contributed by atoms with van der Waals surface area (Å²) in [5.41, 5.74) is -0.737. The van der Waals surface area contributed by atoms with Gasteiger partial charge in [-0.3, -0.25) is 14.6 Å². The zero-order valence-electron chi connectivity index (χ0n) is 21.3. The third kappa shape index (κ3) is 6.18. The number of amides is 1. The lowest BCUT2D eigenvalue weighted by atomic mass is 10.1. The number of hydrogen-bond donors (Lipinski definition) is 1. The van der Waals surface area contributed by atoms with E-state index in [0.29, 0.717) is 62.4 Å². The number of piperazine rings is 1. The molecule has 1 amide bonds. The molecular weight excluding hydrogens is 508 g/mol. The third-order valence-electron chi connectivity index (χ3n) is 6.88. The van der Waals surface area contributed by atoms with Crippen LogP contribution in [-0.4, -0.2) is 79.9 Å². The van der Waals surface area contributed by atoms with Crippen molar-refractivity contribution in [1.82, 2.24) is 15.1 Å². The number of rotatable bonds is 8. The zero-order valence-corrected chi connectivity index (χ0v) is 21.3. The first kappa shape index (κ1) is 26.6. The topological polar surface area (TPSA) is 80.3 Å². The molecule has 1 saturated heterocycles. The number of esters is 1. The van der Waals surface area contributed by atoms with Crippen LogP contribution in [0.5, 0.6) is 11.5 Å². The molecule has 10 heteroatoms. The largest absolute Gasteiger partial charge is 0.484 e. The van der Waals surface area contributed by atoms with Gasteiger partial charge in [0.2, 0.25) is 5.72 Å². The number of ether oxygens (including phenoxy) is 3. The first-order valence-electron chi connectivity index (χ1n) is 12.8. The summed E-state index contributed by atoms with van der Waals surface area (Å²) in [6, 6.07) is 19.0. The van der Waals surface area contributed by atoms with E-state index >= 15 is 0 Å². The second-order valence-corrected chi connectivity index (χ2v) is 9.43. The van der Waals surface area contributed by atoms with E-state index in [1.807, 2.05) is 30.3 Å². The zero-order chi connectivity index (χ0) is 27.2. The summed E-state index contributed by atoms with van der Waals surface area (Å²) in [6.45, 7) is 3.57. The fraction of sp³-hybridized carbons (Fsp3) is 0.310. The van der Waals surface area contributed by atoms with Gasteiger partial charge in [0.1, 0.15) is 24.8 Å². The van der Waals surface area contributed by atoms with E-state index in [-0.39, 0.29) is 18.8 Å². The Morgan fingerprint density at radius 3 is 2.38 bits per heavy atom. The Balaban J connectivity index is 1.19. The maximum absolute atomic E-state index is 13.9. The molecule has 0 bridgehead atoms. The van der Waals surface area contributed by atoms with Crippen molar-refractivity contribution in [3.8, 4) is 11.5 Å². The Hall–Kier alpha value is -4.02. The van der Waals surface area contributed by atoms with Crippen molar-refractivity contribution in [3.05, 3.63) is 95.6 Å². The van der Waals surface area contributed by atoms with Crippen LogP contribution in [0.4, 0.5) is 8.78 Å². The number of halogens is 2. The van der Waals surface area contributed by atoms with Crippen LogP contribution in [0.1, 0.15) is 20.7 Å². The van der Waals surface area contributed by atoms with Gasteiger partial charge >= 0.3 is 5.97 Å². The molecule has 0 spiro atoms. The highest BCUT2D eigenvalue weighted by Gasteiger charge is 2.46. The summed E-state index contributed by atoms with van der Waals surface area (Å²) in [4.78, 5) is 29.3. The Bertz CT molecular complexity index is 1320. The van der Waals surface area contributed by atoms with Crippen molar-refractivity contribution in [1.29, 1.82) is 0 Å². The van der Waals surface area contributed by atoms with Crippen molar-refractivity contribution < 1.29 is 32.6 Å². The standard InChI is InChI=1S/C29H29F2N3O5/c30-22-10-11-23(24(31)18-22)27(35)32-12-13-33-14-16-34(17-15-33)29(19-37-25-8-4-5-9-26(25)39-29)20-38-28(36)21-6-2-1-3-7-21/h1-11,18H,12-17,19-20H2,(H,32,35). The first-order chi connectivity index (χ1) is 18.9. The number of carbonyl (C=O) groups is 2. The molecule has 1 unspecified atom stereocenters. The molecule has 3 aromatic rings. The van der Waals surface area contributed by atoms with Gasteiger partial charge in [0, 0.05) is 45.3 Å². The second-order valence-electron chi connectivity index (χ2n) is 9.43. The minimum Gasteiger partial charge on any atom is -0.484 e. The number of nitrogens with zero attached hydrogens (tertiary/aromatic N) is 2. The molecule has 2 aliphatic heterocycles. The fourth-order valence-electron chi connectivity index (χ4n) is 4.71. The van der Waals surface area contributed by atoms with Gasteiger partial charge in [-0.2, -0.15) is 0 Å². The number of hydrogen-bond acceptors (Lipinski definition) is 7. The molecule has 0 radical (unpaired) electrons. The lowest BCUT2D eigenvalue weighted by Gasteiger charge is -2.48. The molecule has 0 aliphatic carbocycles. The molecular formula is C29H29F2N3O5. The van der Waals surface area contributed by atoms with E-state index < -0.39 is 29.2 Å². The van der Waals surface area contributed by atoms with Gasteiger partial charge in [-0.25, -0.2) is 13.6 Å². The predicted octanol–water partition coefficient (Wildman–Crippen LogP) is 3.34. The molecule has 0 aromatic heterocycles. The van der Waals surface area contributed by atoms with Crippen LogP contribution in [0.15, 0.2) is 72.8 Å². The van der Waals surface area contributed by atoms with Crippen molar-refractivity contribution in [2.24, 2.45) is 0 Å². The highest BCUT2D eigenvalue weighted by Crippen LogP contribution is 2.37. The molecule has 8 nitrogen and oxygen atoms in total. The van der Waals surface area contributed by atoms with Gasteiger partial charge in [-0.15, -0.1) is 0 Å². The van der Waals surface area contributed by atoms with E-state index in [1.54, 1.807) is 24.3 Å². The van der Waals surface area contributed by atoms with Crippen molar-refractivity contribution in [2.45, 2.75) is 5.72 Å². The molecule has 1 N–H and O–H groups in total. The lowest BCUT2D eigenvalue weighted by molar-refractivity contribution is -0.164. The average molecular weight is 538 g/mol. The number of benzene rings is 3. The van der Waals surface area contributed by atoms with E-state index in [9.17, 15) is 18.4 Å². The normalized spacial score (nSPS) is 19.3. The van der Waals surface area contributed by atoms with Crippen molar-refractivity contribution >= 4 is 11.9 Å². The van der Waals surface area contributed by atoms with Gasteiger partial charge in [0.15, 0.2) is 11.5 Å². The van der Waals surface area contributed by atoms with Crippen LogP contribution >= 0.6 is 0 Å². The summed E-state index contributed by atoms with van der Waals surface area (Å²) in [6.07, 6.45) is 0. The molecule has 39 heavy (non-hydrogen) atoms. The van der Waals surface area contributed by atoms with Crippen LogP contribution in [0.3, 0.4) is 0 Å². The van der Waals surface area contributed by atoms with Crippen LogP contribution in [-0.2, 0) is 4.74 Å². The first-order valence-corrected chi connectivity index (χ1v) is 12.8. The number of nitrogens with one attached hydrogen (secondary N) is 1. The molecule has 204 valence electrons. The maximum atomic E-state index is 13.9. The quantitative estimate of drug-likeness (QED) is 0.442. The average Bonchev–Trinajstić information content (AvgIpc) is 2.96. The van der Waals surface area contributed by atoms with Crippen molar-refractivity contribution in [3.63, 3.8) is 0 Å². The van der Waals surface area contributed by atoms with Gasteiger partial charge in [-0.05, 0) is 36.4 Å². The van der Waals surface area contributed by atoms with E-state index in [2.05, 4.69) is 15.1 Å². The molecule has 1 atom stereocenters. The Morgan fingerprint density at radius 2 is 1.64 bits per heavy atom. The molecule has 0 saturated carbocycles. The van der Waals surface area contributed by atoms with Crippen LogP contribution in [0, 0.1) is 11.6 Å². The SMILES string of the molecule is O=C(OCC1(N2CCN(CCNC(=O)c3ccc(F)cc3F)CC2)COc2ccccc2O1)c1ccccc1. The smallest absolute Gasteiger partial charge is 0.338 e. The van der Waals surface area contributed by atoms with E-state index in [4.69, 9.17) is 14.2 Å². The minimum atomic E-state index is -1.00. The van der Waals surface area contributed by atoms with Gasteiger partial charge in [0.25, 0.3) is 5.91 Å².